The Morgan fingerprint density at radius 1 is 1.73 bits per heavy atom. The van der Waals surface area contributed by atoms with Gasteiger partial charge in [0.25, 0.3) is 0 Å². The number of hydrogen-bond donors (Lipinski definition) is 2. The average Bonchev–Trinajstić information content (AvgIpc) is 2.40. The van der Waals surface area contributed by atoms with Gasteiger partial charge in [-0.25, -0.2) is 4.79 Å². The minimum Gasteiger partial charge on any atom is -0.492 e. The van der Waals surface area contributed by atoms with E-state index in [-0.39, 0.29) is 17.8 Å². The molecule has 58 valence electrons. The Labute approximate surface area is 63.2 Å². The predicted octanol–water partition coefficient (Wildman–Crippen LogP) is -0.161. The number of carbonyl (C=O) groups is 1. The first-order valence-corrected chi connectivity index (χ1v) is 3.31. The zero-order valence-corrected chi connectivity index (χ0v) is 5.65. The molecule has 2 atom stereocenters. The fraction of sp³-hybridized carbons (Fsp3) is 0.286. The molecule has 0 fully saturated rings. The second-order valence-corrected chi connectivity index (χ2v) is 2.48. The molecule has 0 bridgehead atoms. The average molecular weight is 153 g/mol. The van der Waals surface area contributed by atoms with E-state index in [1.165, 1.54) is 0 Å². The summed E-state index contributed by atoms with van der Waals surface area (Å²) in [6.45, 7) is 0. The number of ether oxygens (including phenoxy) is 1. The highest BCUT2D eigenvalue weighted by Crippen LogP contribution is 2.19. The van der Waals surface area contributed by atoms with Gasteiger partial charge in [0.15, 0.2) is 0 Å². The van der Waals surface area contributed by atoms with Crippen LogP contribution in [0.25, 0.3) is 0 Å². The molecule has 2 unspecified atom stereocenters. The zero-order chi connectivity index (χ0) is 7.84. The van der Waals surface area contributed by atoms with Gasteiger partial charge in [0, 0.05) is 0 Å². The van der Waals surface area contributed by atoms with Crippen LogP contribution < -0.4 is 5.32 Å². The van der Waals surface area contributed by atoms with E-state index >= 15 is 0 Å². The number of hydrogen-bond acceptors (Lipinski definition) is 3. The van der Waals surface area contributed by atoms with Crippen LogP contribution in [0.15, 0.2) is 24.1 Å². The van der Waals surface area contributed by atoms with Gasteiger partial charge in [-0.05, 0) is 12.2 Å². The lowest BCUT2D eigenvalue weighted by atomic mass is 10.2. The van der Waals surface area contributed by atoms with E-state index in [2.05, 4.69) is 5.32 Å². The Hall–Kier alpha value is -1.45. The number of carboxylic acids is 1. The summed E-state index contributed by atoms with van der Waals surface area (Å²) in [6.07, 6.45) is 4.84. The summed E-state index contributed by atoms with van der Waals surface area (Å²) in [6, 6.07) is 0.0149. The molecular weight excluding hydrogens is 146 g/mol. The Morgan fingerprint density at radius 3 is 3.18 bits per heavy atom. The minimum atomic E-state index is -0.934. The third-order valence-corrected chi connectivity index (χ3v) is 1.76. The second kappa shape index (κ2) is 2.02. The molecule has 2 aliphatic heterocycles. The molecule has 2 N–H and O–H groups in total. The van der Waals surface area contributed by atoms with Gasteiger partial charge >= 0.3 is 5.97 Å². The standard InChI is InChI=1S/C7H7NO3/c9-7(10)5-3-6-4(8-5)1-2-11-6/h1-4,6,8H,(H,9,10). The van der Waals surface area contributed by atoms with Crippen LogP contribution in [-0.4, -0.2) is 23.2 Å². The molecule has 4 nitrogen and oxygen atoms in total. The maximum absolute atomic E-state index is 10.4. The van der Waals surface area contributed by atoms with Gasteiger partial charge in [0.05, 0.1) is 12.3 Å². The van der Waals surface area contributed by atoms with E-state index in [9.17, 15) is 4.79 Å². The van der Waals surface area contributed by atoms with Crippen LogP contribution in [0, 0.1) is 0 Å². The fourth-order valence-electron chi connectivity index (χ4n) is 1.21. The van der Waals surface area contributed by atoms with E-state index < -0.39 is 5.97 Å². The molecule has 0 saturated carbocycles. The van der Waals surface area contributed by atoms with Gasteiger partial charge in [-0.1, -0.05) is 0 Å². The maximum Gasteiger partial charge on any atom is 0.351 e. The molecule has 11 heavy (non-hydrogen) atoms. The van der Waals surface area contributed by atoms with Crippen molar-refractivity contribution in [2.75, 3.05) is 0 Å². The molecular formula is C7H7NO3. The summed E-state index contributed by atoms with van der Waals surface area (Å²) in [5.74, 6) is -0.934. The number of aliphatic carboxylic acids is 1. The smallest absolute Gasteiger partial charge is 0.351 e. The van der Waals surface area contributed by atoms with Crippen molar-refractivity contribution in [3.05, 3.63) is 24.1 Å². The molecule has 4 heteroatoms. The second-order valence-electron chi connectivity index (χ2n) is 2.48. The lowest BCUT2D eigenvalue weighted by Gasteiger charge is -2.06. The topological polar surface area (TPSA) is 58.6 Å². The van der Waals surface area contributed by atoms with Crippen LogP contribution in [0.4, 0.5) is 0 Å². The summed E-state index contributed by atoms with van der Waals surface area (Å²) >= 11 is 0. The van der Waals surface area contributed by atoms with Crippen molar-refractivity contribution in [3.63, 3.8) is 0 Å². The highest BCUT2D eigenvalue weighted by molar-refractivity contribution is 5.86. The fourth-order valence-corrected chi connectivity index (χ4v) is 1.21. The molecule has 2 aliphatic rings. The first-order valence-electron chi connectivity index (χ1n) is 3.31. The number of rotatable bonds is 1. The summed E-state index contributed by atoms with van der Waals surface area (Å²) in [5.41, 5.74) is 0.226. The van der Waals surface area contributed by atoms with E-state index in [1.807, 2.05) is 0 Å². The van der Waals surface area contributed by atoms with E-state index in [0.29, 0.717) is 0 Å². The number of nitrogens with one attached hydrogen (secondary N) is 1. The molecule has 0 radical (unpaired) electrons. The third kappa shape index (κ3) is 0.869. The molecule has 0 amide bonds. The molecule has 0 aromatic rings. The van der Waals surface area contributed by atoms with Crippen LogP contribution in [0.2, 0.25) is 0 Å². The lowest BCUT2D eigenvalue weighted by Crippen LogP contribution is -2.28. The highest BCUT2D eigenvalue weighted by Gasteiger charge is 2.31. The lowest BCUT2D eigenvalue weighted by molar-refractivity contribution is -0.133. The summed E-state index contributed by atoms with van der Waals surface area (Å²) in [4.78, 5) is 10.4. The first kappa shape index (κ1) is 6.27. The molecule has 0 aromatic carbocycles. The molecule has 2 heterocycles. The Bertz CT molecular complexity index is 256. The first-order chi connectivity index (χ1) is 5.27. The summed E-state index contributed by atoms with van der Waals surface area (Å²) < 4.78 is 5.07. The number of carboxylic acid groups (broad SMARTS) is 1. The predicted molar refractivity (Wildman–Crippen MR) is 36.7 cm³/mol. The Kier molecular flexibility index (Phi) is 1.15. The molecule has 0 aliphatic carbocycles. The summed E-state index contributed by atoms with van der Waals surface area (Å²) in [7, 11) is 0. The highest BCUT2D eigenvalue weighted by atomic mass is 16.5. The van der Waals surface area contributed by atoms with Crippen molar-refractivity contribution in [1.29, 1.82) is 0 Å². The van der Waals surface area contributed by atoms with Crippen molar-refractivity contribution in [1.82, 2.24) is 5.32 Å². The van der Waals surface area contributed by atoms with Gasteiger partial charge in [-0.3, -0.25) is 0 Å². The van der Waals surface area contributed by atoms with Crippen LogP contribution in [0.1, 0.15) is 0 Å². The number of fused-ring (bicyclic) bond motifs is 1. The zero-order valence-electron chi connectivity index (χ0n) is 5.65. The minimum absolute atomic E-state index is 0.0149. The quantitative estimate of drug-likeness (QED) is 0.549. The van der Waals surface area contributed by atoms with Crippen molar-refractivity contribution in [2.24, 2.45) is 0 Å². The van der Waals surface area contributed by atoms with E-state index in [4.69, 9.17) is 9.84 Å². The molecule has 0 spiro atoms. The Morgan fingerprint density at radius 2 is 2.55 bits per heavy atom. The molecule has 2 rings (SSSR count). The Balaban J connectivity index is 2.15. The van der Waals surface area contributed by atoms with Crippen molar-refractivity contribution in [2.45, 2.75) is 12.1 Å². The van der Waals surface area contributed by atoms with Crippen molar-refractivity contribution < 1.29 is 14.6 Å². The van der Waals surface area contributed by atoms with Gasteiger partial charge in [-0.15, -0.1) is 0 Å². The SMILES string of the molecule is O=C(O)C1=CC2OC=CC2N1. The monoisotopic (exact) mass is 153 g/mol. The maximum atomic E-state index is 10.4. The van der Waals surface area contributed by atoms with E-state index in [0.717, 1.165) is 0 Å². The molecule has 0 aromatic heterocycles. The van der Waals surface area contributed by atoms with Gasteiger partial charge in [0.1, 0.15) is 11.8 Å². The normalized spacial score (nSPS) is 32.2. The van der Waals surface area contributed by atoms with Crippen molar-refractivity contribution >= 4 is 5.97 Å². The van der Waals surface area contributed by atoms with Crippen LogP contribution in [0.3, 0.4) is 0 Å². The van der Waals surface area contributed by atoms with E-state index in [1.54, 1.807) is 18.4 Å². The largest absolute Gasteiger partial charge is 0.492 e. The summed E-state index contributed by atoms with van der Waals surface area (Å²) in [5, 5.41) is 11.4. The van der Waals surface area contributed by atoms with Crippen LogP contribution >= 0.6 is 0 Å². The van der Waals surface area contributed by atoms with Gasteiger partial charge < -0.3 is 15.2 Å². The third-order valence-electron chi connectivity index (χ3n) is 1.76. The van der Waals surface area contributed by atoms with Gasteiger partial charge in [0.2, 0.25) is 0 Å². The van der Waals surface area contributed by atoms with Gasteiger partial charge in [-0.2, -0.15) is 0 Å². The van der Waals surface area contributed by atoms with Crippen LogP contribution in [0.5, 0.6) is 0 Å². The molecule has 0 saturated heterocycles. The van der Waals surface area contributed by atoms with Crippen LogP contribution in [-0.2, 0) is 9.53 Å². The van der Waals surface area contributed by atoms with Crippen molar-refractivity contribution in [3.8, 4) is 0 Å².